The number of methoxy groups -OCH3 is 2. The minimum Gasteiger partial charge on any atom is -0.467 e. The first kappa shape index (κ1) is 21.8. The van der Waals surface area contributed by atoms with E-state index in [1.54, 1.807) is 4.90 Å². The van der Waals surface area contributed by atoms with Crippen LogP contribution in [-0.2, 0) is 14.3 Å². The summed E-state index contributed by atoms with van der Waals surface area (Å²) in [6.07, 6.45) is 14.7. The lowest BCUT2D eigenvalue weighted by molar-refractivity contribution is -0.148. The third-order valence-corrected chi connectivity index (χ3v) is 5.24. The second-order valence-electron chi connectivity index (χ2n) is 7.12. The zero-order chi connectivity index (χ0) is 18.5. The molecule has 1 heterocycles. The van der Waals surface area contributed by atoms with Gasteiger partial charge in [0, 0.05) is 6.04 Å². The SMILES string of the molecule is CCCCCCCCCCC[C@@H]1CCC[C@@H](C(=O)OC)N1C(=O)OC. The number of amides is 1. The van der Waals surface area contributed by atoms with Crippen molar-refractivity contribution in [3.63, 3.8) is 0 Å². The number of ether oxygens (including phenoxy) is 2. The highest BCUT2D eigenvalue weighted by Gasteiger charge is 2.39. The van der Waals surface area contributed by atoms with Crippen LogP contribution in [0.3, 0.4) is 0 Å². The maximum Gasteiger partial charge on any atom is 0.410 e. The van der Waals surface area contributed by atoms with E-state index in [9.17, 15) is 9.59 Å². The first-order chi connectivity index (χ1) is 12.2. The molecule has 5 nitrogen and oxygen atoms in total. The van der Waals surface area contributed by atoms with E-state index in [0.29, 0.717) is 6.42 Å². The van der Waals surface area contributed by atoms with Crippen LogP contribution in [0.25, 0.3) is 0 Å². The number of esters is 1. The van der Waals surface area contributed by atoms with Gasteiger partial charge in [0.25, 0.3) is 0 Å². The third kappa shape index (κ3) is 7.66. The van der Waals surface area contributed by atoms with Crippen molar-refractivity contribution in [2.24, 2.45) is 0 Å². The van der Waals surface area contributed by atoms with Gasteiger partial charge in [-0.1, -0.05) is 64.7 Å². The van der Waals surface area contributed by atoms with Gasteiger partial charge in [0.15, 0.2) is 0 Å². The molecule has 2 atom stereocenters. The molecular formula is C20H37NO4. The summed E-state index contributed by atoms with van der Waals surface area (Å²) < 4.78 is 9.79. The summed E-state index contributed by atoms with van der Waals surface area (Å²) in [4.78, 5) is 25.8. The van der Waals surface area contributed by atoms with Crippen LogP contribution in [0.5, 0.6) is 0 Å². The molecule has 1 rings (SSSR count). The predicted molar refractivity (Wildman–Crippen MR) is 99.5 cm³/mol. The number of hydrogen-bond acceptors (Lipinski definition) is 4. The fourth-order valence-corrected chi connectivity index (χ4v) is 3.80. The molecule has 1 saturated heterocycles. The highest BCUT2D eigenvalue weighted by Crippen LogP contribution is 2.28. The van der Waals surface area contributed by atoms with Crippen molar-refractivity contribution < 1.29 is 19.1 Å². The number of rotatable bonds is 11. The van der Waals surface area contributed by atoms with Crippen LogP contribution in [0, 0.1) is 0 Å². The van der Waals surface area contributed by atoms with E-state index < -0.39 is 12.1 Å². The average Bonchev–Trinajstić information content (AvgIpc) is 2.65. The standard InChI is InChI=1S/C20H37NO4/c1-4-5-6-7-8-9-10-11-12-14-17-15-13-16-18(19(22)24-2)21(17)20(23)25-3/h17-18H,4-16H2,1-3H3/t17-,18+/m1/s1. The van der Waals surface area contributed by atoms with Gasteiger partial charge in [0.05, 0.1) is 14.2 Å². The highest BCUT2D eigenvalue weighted by atomic mass is 16.5. The number of carbonyl (C=O) groups excluding carboxylic acids is 2. The average molecular weight is 356 g/mol. The molecule has 0 aliphatic carbocycles. The highest BCUT2D eigenvalue weighted by molar-refractivity contribution is 5.81. The Labute approximate surface area is 153 Å². The molecule has 0 aromatic carbocycles. The zero-order valence-corrected chi connectivity index (χ0v) is 16.4. The summed E-state index contributed by atoms with van der Waals surface area (Å²) in [5, 5.41) is 0. The Morgan fingerprint density at radius 3 is 2.04 bits per heavy atom. The molecule has 1 fully saturated rings. The topological polar surface area (TPSA) is 55.8 Å². The van der Waals surface area contributed by atoms with Gasteiger partial charge in [0.1, 0.15) is 6.04 Å². The van der Waals surface area contributed by atoms with Crippen LogP contribution >= 0.6 is 0 Å². The van der Waals surface area contributed by atoms with Gasteiger partial charge in [-0.2, -0.15) is 0 Å². The fraction of sp³-hybridized carbons (Fsp3) is 0.900. The normalized spacial score (nSPS) is 20.4. The van der Waals surface area contributed by atoms with Crippen LogP contribution in [-0.4, -0.2) is 43.3 Å². The van der Waals surface area contributed by atoms with Gasteiger partial charge in [-0.05, 0) is 25.7 Å². The smallest absolute Gasteiger partial charge is 0.410 e. The molecule has 0 bridgehead atoms. The molecule has 0 radical (unpaired) electrons. The summed E-state index contributed by atoms with van der Waals surface area (Å²) in [7, 11) is 2.75. The molecule has 0 saturated carbocycles. The summed E-state index contributed by atoms with van der Waals surface area (Å²) >= 11 is 0. The Morgan fingerprint density at radius 1 is 0.880 bits per heavy atom. The summed E-state index contributed by atoms with van der Waals surface area (Å²) in [5.41, 5.74) is 0. The molecule has 1 amide bonds. The summed E-state index contributed by atoms with van der Waals surface area (Å²) in [5.74, 6) is -0.331. The molecule has 25 heavy (non-hydrogen) atoms. The van der Waals surface area contributed by atoms with Gasteiger partial charge >= 0.3 is 12.1 Å². The lowest BCUT2D eigenvalue weighted by atomic mass is 9.92. The van der Waals surface area contributed by atoms with E-state index in [2.05, 4.69) is 6.92 Å². The lowest BCUT2D eigenvalue weighted by Gasteiger charge is -2.39. The Kier molecular flexibility index (Phi) is 11.3. The first-order valence-corrected chi connectivity index (χ1v) is 10.1. The third-order valence-electron chi connectivity index (χ3n) is 5.24. The molecule has 1 aliphatic rings. The Bertz CT molecular complexity index is 386. The molecular weight excluding hydrogens is 318 g/mol. The van der Waals surface area contributed by atoms with E-state index in [-0.39, 0.29) is 12.0 Å². The van der Waals surface area contributed by atoms with E-state index in [1.807, 2.05) is 0 Å². The monoisotopic (exact) mass is 355 g/mol. The first-order valence-electron chi connectivity index (χ1n) is 10.1. The van der Waals surface area contributed by atoms with Gasteiger partial charge in [-0.3, -0.25) is 4.90 Å². The van der Waals surface area contributed by atoms with Crippen molar-refractivity contribution in [3.05, 3.63) is 0 Å². The quantitative estimate of drug-likeness (QED) is 0.383. The van der Waals surface area contributed by atoms with Crippen LogP contribution < -0.4 is 0 Å². The number of piperidine rings is 1. The van der Waals surface area contributed by atoms with Crippen molar-refractivity contribution in [1.82, 2.24) is 4.90 Å². The molecule has 0 N–H and O–H groups in total. The Hall–Kier alpha value is -1.26. The second-order valence-corrected chi connectivity index (χ2v) is 7.12. The second kappa shape index (κ2) is 13.0. The molecule has 146 valence electrons. The van der Waals surface area contributed by atoms with E-state index >= 15 is 0 Å². The molecule has 0 spiro atoms. The minimum atomic E-state index is -0.491. The fourth-order valence-electron chi connectivity index (χ4n) is 3.80. The van der Waals surface area contributed by atoms with Crippen LogP contribution in [0.1, 0.15) is 90.4 Å². The van der Waals surface area contributed by atoms with Crippen molar-refractivity contribution in [1.29, 1.82) is 0 Å². The van der Waals surface area contributed by atoms with Crippen molar-refractivity contribution in [3.8, 4) is 0 Å². The van der Waals surface area contributed by atoms with Crippen LogP contribution in [0.4, 0.5) is 4.79 Å². The maximum absolute atomic E-state index is 12.2. The van der Waals surface area contributed by atoms with Gasteiger partial charge in [0.2, 0.25) is 0 Å². The number of hydrogen-bond donors (Lipinski definition) is 0. The van der Waals surface area contributed by atoms with E-state index in [0.717, 1.165) is 25.7 Å². The largest absolute Gasteiger partial charge is 0.467 e. The van der Waals surface area contributed by atoms with E-state index in [1.165, 1.54) is 65.6 Å². The summed E-state index contributed by atoms with van der Waals surface area (Å²) in [6, 6.07) is -0.399. The van der Waals surface area contributed by atoms with Gasteiger partial charge < -0.3 is 9.47 Å². The van der Waals surface area contributed by atoms with Crippen LogP contribution in [0.2, 0.25) is 0 Å². The molecule has 0 aromatic rings. The van der Waals surface area contributed by atoms with E-state index in [4.69, 9.17) is 9.47 Å². The number of likely N-dealkylation sites (tertiary alicyclic amines) is 1. The lowest BCUT2D eigenvalue weighted by Crippen LogP contribution is -2.53. The molecule has 1 aliphatic heterocycles. The zero-order valence-electron chi connectivity index (χ0n) is 16.4. The van der Waals surface area contributed by atoms with Gasteiger partial charge in [-0.15, -0.1) is 0 Å². The van der Waals surface area contributed by atoms with Gasteiger partial charge in [-0.25, -0.2) is 9.59 Å². The number of carbonyl (C=O) groups is 2. The molecule has 0 unspecified atom stereocenters. The molecule has 0 aromatic heterocycles. The predicted octanol–water partition coefficient (Wildman–Crippen LogP) is 5.07. The molecule has 5 heteroatoms. The number of unbranched alkanes of at least 4 members (excludes halogenated alkanes) is 8. The number of nitrogens with zero attached hydrogens (tertiary/aromatic N) is 1. The van der Waals surface area contributed by atoms with Crippen molar-refractivity contribution in [2.75, 3.05) is 14.2 Å². The Morgan fingerprint density at radius 2 is 1.48 bits per heavy atom. The van der Waals surface area contributed by atoms with Crippen molar-refractivity contribution >= 4 is 12.1 Å². The minimum absolute atomic E-state index is 0.0925. The van der Waals surface area contributed by atoms with Crippen LogP contribution in [0.15, 0.2) is 0 Å². The maximum atomic E-state index is 12.2. The summed E-state index contributed by atoms with van der Waals surface area (Å²) in [6.45, 7) is 2.24. The van der Waals surface area contributed by atoms with Crippen molar-refractivity contribution in [2.45, 2.75) is 102 Å². The Balaban J connectivity index is 2.34.